The number of hydrogen-bond acceptors (Lipinski definition) is 3. The maximum Gasteiger partial charge on any atom is 0.326 e. The largest absolute Gasteiger partial charge is 0.379 e. The Labute approximate surface area is 162 Å². The number of aromatic nitrogens is 2. The van der Waals surface area contributed by atoms with E-state index >= 15 is 0 Å². The number of fused-ring (bicyclic) bond motifs is 1. The van der Waals surface area contributed by atoms with Gasteiger partial charge in [-0.1, -0.05) is 15.9 Å². The molecule has 0 unspecified atom stereocenters. The summed E-state index contributed by atoms with van der Waals surface area (Å²) >= 11 is 3.53. The summed E-state index contributed by atoms with van der Waals surface area (Å²) in [5.41, 5.74) is 1.96. The molecule has 6 heteroatoms. The number of likely N-dealkylation sites (tertiary alicyclic amines) is 1. The number of piperidine rings is 1. The first kappa shape index (κ1) is 18.3. The third-order valence-corrected chi connectivity index (χ3v) is 6.60. The number of H-pyrrole nitrogens is 1. The van der Waals surface area contributed by atoms with Crippen LogP contribution in [0.2, 0.25) is 0 Å². The topological polar surface area (TPSA) is 50.3 Å². The second-order valence-electron chi connectivity index (χ2n) is 7.61. The number of benzene rings is 1. The van der Waals surface area contributed by atoms with E-state index in [1.807, 2.05) is 16.7 Å². The molecule has 0 amide bonds. The van der Waals surface area contributed by atoms with E-state index in [2.05, 4.69) is 38.8 Å². The van der Waals surface area contributed by atoms with Crippen LogP contribution in [-0.2, 0) is 4.74 Å². The van der Waals surface area contributed by atoms with E-state index in [1.54, 1.807) is 0 Å². The Bertz CT molecular complexity index is 799. The smallest absolute Gasteiger partial charge is 0.326 e. The lowest BCUT2D eigenvalue weighted by molar-refractivity contribution is 0.00796. The van der Waals surface area contributed by atoms with Crippen LogP contribution in [0.15, 0.2) is 27.5 Å². The van der Waals surface area contributed by atoms with Crippen LogP contribution in [0.4, 0.5) is 0 Å². The molecular weight excluding hydrogens is 394 g/mol. The molecule has 2 aromatic rings. The Morgan fingerprint density at radius 1 is 1.12 bits per heavy atom. The number of aromatic amines is 1. The van der Waals surface area contributed by atoms with Crippen molar-refractivity contribution in [3.63, 3.8) is 0 Å². The molecule has 1 aliphatic heterocycles. The van der Waals surface area contributed by atoms with Gasteiger partial charge in [0, 0.05) is 36.3 Å². The fourth-order valence-corrected chi connectivity index (χ4v) is 5.13. The molecule has 5 nitrogen and oxygen atoms in total. The van der Waals surface area contributed by atoms with E-state index in [0.29, 0.717) is 18.2 Å². The zero-order valence-corrected chi connectivity index (χ0v) is 17.0. The van der Waals surface area contributed by atoms with Gasteiger partial charge in [-0.15, -0.1) is 0 Å². The van der Waals surface area contributed by atoms with Gasteiger partial charge in [-0.2, -0.15) is 0 Å². The molecular formula is C20H28BrN3O2. The number of imidazole rings is 1. The molecule has 1 aliphatic carbocycles. The summed E-state index contributed by atoms with van der Waals surface area (Å²) in [6.07, 6.45) is 7.43. The highest BCUT2D eigenvalue weighted by Gasteiger charge is 2.30. The van der Waals surface area contributed by atoms with Gasteiger partial charge in [0.15, 0.2) is 0 Å². The highest BCUT2D eigenvalue weighted by atomic mass is 79.9. The summed E-state index contributed by atoms with van der Waals surface area (Å²) < 4.78 is 8.77. The summed E-state index contributed by atoms with van der Waals surface area (Å²) in [6, 6.07) is 6.99. The second-order valence-corrected chi connectivity index (χ2v) is 8.53. The van der Waals surface area contributed by atoms with E-state index in [9.17, 15) is 4.79 Å². The van der Waals surface area contributed by atoms with Crippen LogP contribution < -0.4 is 5.69 Å². The fourth-order valence-electron chi connectivity index (χ4n) is 4.78. The normalized spacial score (nSPS) is 25.8. The standard InChI is InChI=1S/C20H28BrN3O2/c1-2-26-17-6-4-15(5-7-17)23-11-9-16(10-12-23)24-19-13-14(21)3-8-18(19)22-20(24)25/h3,8,13,15-17H,2,4-7,9-12H2,1H3,(H,22,25). The number of halogens is 1. The summed E-state index contributed by atoms with van der Waals surface area (Å²) in [4.78, 5) is 18.1. The van der Waals surface area contributed by atoms with Crippen molar-refractivity contribution in [3.05, 3.63) is 33.2 Å². The zero-order valence-electron chi connectivity index (χ0n) is 15.4. The number of hydrogen-bond donors (Lipinski definition) is 1. The summed E-state index contributed by atoms with van der Waals surface area (Å²) in [5.74, 6) is 0. The first-order valence-corrected chi connectivity index (χ1v) is 10.7. The van der Waals surface area contributed by atoms with Crippen LogP contribution in [0.25, 0.3) is 11.0 Å². The van der Waals surface area contributed by atoms with E-state index in [-0.39, 0.29) is 5.69 Å². The van der Waals surface area contributed by atoms with Gasteiger partial charge >= 0.3 is 5.69 Å². The molecule has 0 radical (unpaired) electrons. The molecule has 1 saturated heterocycles. The SMILES string of the molecule is CCOC1CCC(N2CCC(n3c(=O)[nH]c4ccc(Br)cc43)CC2)CC1. The first-order chi connectivity index (χ1) is 12.7. The predicted molar refractivity (Wildman–Crippen MR) is 108 cm³/mol. The lowest BCUT2D eigenvalue weighted by Crippen LogP contribution is -2.45. The maximum absolute atomic E-state index is 12.5. The molecule has 2 aliphatic rings. The highest BCUT2D eigenvalue weighted by Crippen LogP contribution is 2.31. The molecule has 1 aromatic carbocycles. The van der Waals surface area contributed by atoms with Gasteiger partial charge in [-0.05, 0) is 63.6 Å². The Morgan fingerprint density at radius 2 is 1.85 bits per heavy atom. The molecule has 142 valence electrons. The molecule has 4 rings (SSSR count). The molecule has 0 bridgehead atoms. The van der Waals surface area contributed by atoms with E-state index in [0.717, 1.165) is 48.0 Å². The van der Waals surface area contributed by atoms with Crippen LogP contribution in [0.1, 0.15) is 51.5 Å². The van der Waals surface area contributed by atoms with Crippen molar-refractivity contribution in [1.82, 2.24) is 14.5 Å². The van der Waals surface area contributed by atoms with Crippen molar-refractivity contribution in [2.45, 2.75) is 63.6 Å². The Balaban J connectivity index is 1.41. The van der Waals surface area contributed by atoms with E-state index < -0.39 is 0 Å². The monoisotopic (exact) mass is 421 g/mol. The van der Waals surface area contributed by atoms with Crippen LogP contribution in [0, 0.1) is 0 Å². The van der Waals surface area contributed by atoms with Crippen molar-refractivity contribution in [3.8, 4) is 0 Å². The summed E-state index contributed by atoms with van der Waals surface area (Å²) in [6.45, 7) is 5.09. The van der Waals surface area contributed by atoms with Crippen LogP contribution in [0.3, 0.4) is 0 Å². The summed E-state index contributed by atoms with van der Waals surface area (Å²) in [7, 11) is 0. The predicted octanol–water partition coefficient (Wildman–Crippen LogP) is 4.08. The van der Waals surface area contributed by atoms with Gasteiger partial charge < -0.3 is 14.6 Å². The highest BCUT2D eigenvalue weighted by molar-refractivity contribution is 9.10. The van der Waals surface area contributed by atoms with E-state index in [1.165, 1.54) is 25.7 Å². The fraction of sp³-hybridized carbons (Fsp3) is 0.650. The Morgan fingerprint density at radius 3 is 2.54 bits per heavy atom. The van der Waals surface area contributed by atoms with Crippen molar-refractivity contribution >= 4 is 27.0 Å². The quantitative estimate of drug-likeness (QED) is 0.808. The molecule has 1 N–H and O–H groups in total. The zero-order chi connectivity index (χ0) is 18.1. The lowest BCUT2D eigenvalue weighted by atomic mass is 9.90. The number of nitrogens with one attached hydrogen (secondary N) is 1. The molecule has 26 heavy (non-hydrogen) atoms. The second kappa shape index (κ2) is 7.87. The van der Waals surface area contributed by atoms with Gasteiger partial charge in [0.05, 0.1) is 17.1 Å². The maximum atomic E-state index is 12.5. The minimum atomic E-state index is 0.0220. The average Bonchev–Trinajstić information content (AvgIpc) is 2.98. The molecule has 0 spiro atoms. The van der Waals surface area contributed by atoms with Gasteiger partial charge in [0.25, 0.3) is 0 Å². The number of rotatable bonds is 4. The molecule has 2 fully saturated rings. The molecule has 2 heterocycles. The number of nitrogens with zero attached hydrogens (tertiary/aromatic N) is 2. The van der Waals surface area contributed by atoms with Crippen molar-refractivity contribution in [2.75, 3.05) is 19.7 Å². The number of ether oxygens (including phenoxy) is 1. The first-order valence-electron chi connectivity index (χ1n) is 9.91. The van der Waals surface area contributed by atoms with Crippen molar-refractivity contribution in [1.29, 1.82) is 0 Å². The molecule has 1 saturated carbocycles. The Hall–Kier alpha value is -1.11. The van der Waals surface area contributed by atoms with Crippen molar-refractivity contribution < 1.29 is 4.74 Å². The summed E-state index contributed by atoms with van der Waals surface area (Å²) in [5, 5.41) is 0. The lowest BCUT2D eigenvalue weighted by Gasteiger charge is -2.40. The molecule has 0 atom stereocenters. The molecule has 1 aromatic heterocycles. The van der Waals surface area contributed by atoms with Crippen molar-refractivity contribution in [2.24, 2.45) is 0 Å². The third kappa shape index (κ3) is 3.64. The van der Waals surface area contributed by atoms with Crippen LogP contribution in [0.5, 0.6) is 0 Å². The minimum absolute atomic E-state index is 0.0220. The van der Waals surface area contributed by atoms with Gasteiger partial charge in [0.2, 0.25) is 0 Å². The third-order valence-electron chi connectivity index (χ3n) is 6.11. The van der Waals surface area contributed by atoms with Crippen LogP contribution >= 0.6 is 15.9 Å². The van der Waals surface area contributed by atoms with Crippen LogP contribution in [-0.4, -0.2) is 46.3 Å². The van der Waals surface area contributed by atoms with Gasteiger partial charge in [-0.25, -0.2) is 4.79 Å². The average molecular weight is 422 g/mol. The van der Waals surface area contributed by atoms with Gasteiger partial charge in [-0.3, -0.25) is 4.57 Å². The van der Waals surface area contributed by atoms with Gasteiger partial charge in [0.1, 0.15) is 0 Å². The van der Waals surface area contributed by atoms with E-state index in [4.69, 9.17) is 4.74 Å². The minimum Gasteiger partial charge on any atom is -0.379 e. The Kier molecular flexibility index (Phi) is 5.53.